The highest BCUT2D eigenvalue weighted by Crippen LogP contribution is 2.24. The second-order valence-electron chi connectivity index (χ2n) is 6.57. The van der Waals surface area contributed by atoms with Gasteiger partial charge < -0.3 is 15.0 Å². The molecule has 0 aliphatic carbocycles. The molecule has 3 aromatic rings. The highest BCUT2D eigenvalue weighted by atomic mass is 16.5. The molecule has 1 aliphatic rings. The third-order valence-electron chi connectivity index (χ3n) is 4.51. The summed E-state index contributed by atoms with van der Waals surface area (Å²) >= 11 is 0. The van der Waals surface area contributed by atoms with E-state index in [0.717, 1.165) is 41.8 Å². The van der Waals surface area contributed by atoms with E-state index in [0.29, 0.717) is 12.2 Å². The zero-order chi connectivity index (χ0) is 17.4. The standard InChI is InChI=1S/C18H21N5O2/c1-22(2)17-16-9-19-11-23(16)15-8-12(5-6-14(15)21-17)18(24)20-13-4-3-7-25-10-13/h5-6,8-9,11,13H,3-4,7,10H2,1-2H3,(H,20,24)/t13-/m1/s1. The lowest BCUT2D eigenvalue weighted by Gasteiger charge is -2.23. The van der Waals surface area contributed by atoms with E-state index in [1.54, 1.807) is 12.5 Å². The Balaban J connectivity index is 1.72. The van der Waals surface area contributed by atoms with Crippen molar-refractivity contribution in [2.24, 2.45) is 0 Å². The molecule has 1 fully saturated rings. The number of imidazole rings is 1. The van der Waals surface area contributed by atoms with Crippen molar-refractivity contribution in [3.05, 3.63) is 36.3 Å². The summed E-state index contributed by atoms with van der Waals surface area (Å²) in [6, 6.07) is 5.65. The molecular formula is C18H21N5O2. The van der Waals surface area contributed by atoms with Crippen molar-refractivity contribution in [3.63, 3.8) is 0 Å². The number of rotatable bonds is 3. The van der Waals surface area contributed by atoms with Gasteiger partial charge in [-0.25, -0.2) is 9.97 Å². The van der Waals surface area contributed by atoms with Crippen LogP contribution in [-0.2, 0) is 4.74 Å². The molecule has 0 unspecified atom stereocenters. The molecule has 4 rings (SSSR count). The number of carbonyl (C=O) groups excluding carboxylic acids is 1. The van der Waals surface area contributed by atoms with Gasteiger partial charge in [-0.3, -0.25) is 9.20 Å². The fourth-order valence-corrected chi connectivity index (χ4v) is 3.23. The average molecular weight is 339 g/mol. The van der Waals surface area contributed by atoms with Crippen LogP contribution in [0.25, 0.3) is 16.6 Å². The largest absolute Gasteiger partial charge is 0.379 e. The highest BCUT2D eigenvalue weighted by Gasteiger charge is 2.18. The summed E-state index contributed by atoms with van der Waals surface area (Å²) in [4.78, 5) is 23.5. The summed E-state index contributed by atoms with van der Waals surface area (Å²) in [7, 11) is 3.91. The van der Waals surface area contributed by atoms with Gasteiger partial charge >= 0.3 is 0 Å². The van der Waals surface area contributed by atoms with Gasteiger partial charge in [0, 0.05) is 26.3 Å². The van der Waals surface area contributed by atoms with Crippen LogP contribution in [0, 0.1) is 0 Å². The molecule has 2 aromatic heterocycles. The number of carbonyl (C=O) groups is 1. The Morgan fingerprint density at radius 2 is 2.24 bits per heavy atom. The Labute approximate surface area is 145 Å². The molecule has 7 heteroatoms. The molecule has 1 saturated heterocycles. The van der Waals surface area contributed by atoms with Gasteiger partial charge in [-0.2, -0.15) is 0 Å². The Hall–Kier alpha value is -2.67. The first-order valence-corrected chi connectivity index (χ1v) is 8.45. The molecule has 1 N–H and O–H groups in total. The van der Waals surface area contributed by atoms with Crippen molar-refractivity contribution < 1.29 is 9.53 Å². The molecular weight excluding hydrogens is 318 g/mol. The van der Waals surface area contributed by atoms with Gasteiger partial charge in [0.05, 0.1) is 36.2 Å². The topological polar surface area (TPSA) is 71.8 Å². The lowest BCUT2D eigenvalue weighted by molar-refractivity contribution is 0.0624. The number of hydrogen-bond acceptors (Lipinski definition) is 5. The smallest absolute Gasteiger partial charge is 0.251 e. The lowest BCUT2D eigenvalue weighted by Crippen LogP contribution is -2.40. The molecule has 1 amide bonds. The maximum Gasteiger partial charge on any atom is 0.251 e. The lowest BCUT2D eigenvalue weighted by atomic mass is 10.1. The first kappa shape index (κ1) is 15.8. The third-order valence-corrected chi connectivity index (χ3v) is 4.51. The maximum atomic E-state index is 12.6. The normalized spacial score (nSPS) is 17.8. The van der Waals surface area contributed by atoms with Crippen molar-refractivity contribution in [1.29, 1.82) is 0 Å². The quantitative estimate of drug-likeness (QED) is 0.788. The van der Waals surface area contributed by atoms with E-state index in [-0.39, 0.29) is 11.9 Å². The first-order chi connectivity index (χ1) is 12.1. The first-order valence-electron chi connectivity index (χ1n) is 8.45. The van der Waals surface area contributed by atoms with Crippen LogP contribution in [-0.4, -0.2) is 53.6 Å². The van der Waals surface area contributed by atoms with Crippen molar-refractivity contribution in [1.82, 2.24) is 19.7 Å². The second kappa shape index (κ2) is 6.33. The van der Waals surface area contributed by atoms with Gasteiger partial charge in [-0.1, -0.05) is 0 Å². The summed E-state index contributed by atoms with van der Waals surface area (Å²) in [6.07, 6.45) is 5.48. The summed E-state index contributed by atoms with van der Waals surface area (Å²) in [5, 5.41) is 3.05. The molecule has 0 bridgehead atoms. The number of hydrogen-bond donors (Lipinski definition) is 1. The summed E-state index contributed by atoms with van der Waals surface area (Å²) < 4.78 is 7.40. The van der Waals surface area contributed by atoms with Gasteiger partial charge in [0.15, 0.2) is 5.82 Å². The highest BCUT2D eigenvalue weighted by molar-refractivity contribution is 5.98. The van der Waals surface area contributed by atoms with E-state index < -0.39 is 0 Å². The summed E-state index contributed by atoms with van der Waals surface area (Å²) in [5.74, 6) is 0.768. The van der Waals surface area contributed by atoms with Crippen molar-refractivity contribution in [3.8, 4) is 0 Å². The number of benzene rings is 1. The number of fused-ring (bicyclic) bond motifs is 3. The van der Waals surface area contributed by atoms with Crippen LogP contribution >= 0.6 is 0 Å². The number of anilines is 1. The monoisotopic (exact) mass is 339 g/mol. The van der Waals surface area contributed by atoms with Crippen LogP contribution in [0.1, 0.15) is 23.2 Å². The zero-order valence-electron chi connectivity index (χ0n) is 14.4. The van der Waals surface area contributed by atoms with Gasteiger partial charge in [-0.15, -0.1) is 0 Å². The summed E-state index contributed by atoms with van der Waals surface area (Å²) in [6.45, 7) is 1.36. The number of ether oxygens (including phenoxy) is 1. The van der Waals surface area contributed by atoms with Crippen LogP contribution in [0.2, 0.25) is 0 Å². The summed E-state index contributed by atoms with van der Waals surface area (Å²) in [5.41, 5.74) is 3.22. The van der Waals surface area contributed by atoms with Gasteiger partial charge in [0.2, 0.25) is 0 Å². The minimum absolute atomic E-state index is 0.0812. The number of nitrogens with one attached hydrogen (secondary N) is 1. The number of aromatic nitrogens is 3. The predicted octanol–water partition coefficient (Wildman–Crippen LogP) is 1.86. The predicted molar refractivity (Wildman–Crippen MR) is 96.1 cm³/mol. The van der Waals surface area contributed by atoms with E-state index in [2.05, 4.69) is 10.3 Å². The molecule has 0 radical (unpaired) electrons. The van der Waals surface area contributed by atoms with E-state index in [1.165, 1.54) is 0 Å². The number of amides is 1. The van der Waals surface area contributed by atoms with Crippen LogP contribution in [0.4, 0.5) is 5.82 Å². The molecule has 7 nitrogen and oxygen atoms in total. The van der Waals surface area contributed by atoms with E-state index >= 15 is 0 Å². The van der Waals surface area contributed by atoms with Crippen molar-refractivity contribution >= 4 is 28.3 Å². The van der Waals surface area contributed by atoms with Crippen LogP contribution in [0.15, 0.2) is 30.7 Å². The Kier molecular flexibility index (Phi) is 4.01. The van der Waals surface area contributed by atoms with Crippen LogP contribution < -0.4 is 10.2 Å². The molecule has 3 heterocycles. The van der Waals surface area contributed by atoms with E-state index in [4.69, 9.17) is 9.72 Å². The molecule has 0 spiro atoms. The van der Waals surface area contributed by atoms with Crippen LogP contribution in [0.3, 0.4) is 0 Å². The molecule has 1 aliphatic heterocycles. The molecule has 25 heavy (non-hydrogen) atoms. The third kappa shape index (κ3) is 2.91. The molecule has 1 atom stereocenters. The Bertz CT molecular complexity index is 928. The maximum absolute atomic E-state index is 12.6. The average Bonchev–Trinajstić information content (AvgIpc) is 3.11. The van der Waals surface area contributed by atoms with Gasteiger partial charge in [0.25, 0.3) is 5.91 Å². The number of nitrogens with zero attached hydrogens (tertiary/aromatic N) is 4. The molecule has 0 saturated carbocycles. The van der Waals surface area contributed by atoms with Gasteiger partial charge in [0.1, 0.15) is 5.52 Å². The Morgan fingerprint density at radius 1 is 1.36 bits per heavy atom. The van der Waals surface area contributed by atoms with Crippen LogP contribution in [0.5, 0.6) is 0 Å². The minimum atomic E-state index is -0.0812. The zero-order valence-corrected chi connectivity index (χ0v) is 14.4. The van der Waals surface area contributed by atoms with E-state index in [9.17, 15) is 4.79 Å². The second-order valence-corrected chi connectivity index (χ2v) is 6.57. The SMILES string of the molecule is CN(C)c1nc2ccc(C(=O)N[C@@H]3CCCOC3)cc2n2cncc12. The van der Waals surface area contributed by atoms with Crippen molar-refractivity contribution in [2.75, 3.05) is 32.2 Å². The fraction of sp³-hybridized carbons (Fsp3) is 0.389. The van der Waals surface area contributed by atoms with E-state index in [1.807, 2.05) is 41.6 Å². The molecule has 130 valence electrons. The van der Waals surface area contributed by atoms with Gasteiger partial charge in [-0.05, 0) is 31.0 Å². The fourth-order valence-electron chi connectivity index (χ4n) is 3.23. The molecule has 1 aromatic carbocycles. The minimum Gasteiger partial charge on any atom is -0.379 e. The Morgan fingerprint density at radius 3 is 3.00 bits per heavy atom. The van der Waals surface area contributed by atoms with Crippen molar-refractivity contribution in [2.45, 2.75) is 18.9 Å².